The Morgan fingerprint density at radius 1 is 1.03 bits per heavy atom. The Morgan fingerprint density at radius 3 is 2.14 bits per heavy atom. The maximum Gasteiger partial charge on any atom is 0.269 e. The van der Waals surface area contributed by atoms with Gasteiger partial charge in [-0.3, -0.25) is 29.4 Å². The number of non-ortho nitro benzene ring substituents is 1. The molecule has 8 nitrogen and oxygen atoms in total. The quantitative estimate of drug-likeness (QED) is 0.408. The van der Waals surface area contributed by atoms with Crippen molar-refractivity contribution in [3.05, 3.63) is 75.3 Å². The predicted molar refractivity (Wildman–Crippen MR) is 105 cm³/mol. The van der Waals surface area contributed by atoms with Crippen molar-refractivity contribution in [3.63, 3.8) is 0 Å². The van der Waals surface area contributed by atoms with Crippen molar-refractivity contribution >= 4 is 23.4 Å². The molecule has 3 rings (SSSR count). The Bertz CT molecular complexity index is 949. The van der Waals surface area contributed by atoms with Crippen molar-refractivity contribution < 1.29 is 19.3 Å². The standard InChI is InChI=1S/C21H21N3O5/c1-3-22(4-2)21(27)18(13-14-8-7-9-15(12-14)24(28)29)23-19(25)16-10-5-6-11-17(16)20(23)26/h5-12,18H,3-4,13H2,1-2H3. The minimum atomic E-state index is -1.08. The fourth-order valence-corrected chi connectivity index (χ4v) is 3.55. The van der Waals surface area contributed by atoms with Crippen molar-refractivity contribution in [1.82, 2.24) is 9.80 Å². The van der Waals surface area contributed by atoms with E-state index in [1.807, 2.05) is 13.8 Å². The van der Waals surface area contributed by atoms with E-state index >= 15 is 0 Å². The van der Waals surface area contributed by atoms with E-state index in [4.69, 9.17) is 0 Å². The number of likely N-dealkylation sites (N-methyl/N-ethyl adjacent to an activating group) is 1. The molecule has 2 aromatic carbocycles. The molecule has 0 spiro atoms. The molecule has 1 unspecified atom stereocenters. The summed E-state index contributed by atoms with van der Waals surface area (Å²) in [6, 6.07) is 11.2. The largest absolute Gasteiger partial charge is 0.341 e. The van der Waals surface area contributed by atoms with Gasteiger partial charge in [0, 0.05) is 31.6 Å². The fraction of sp³-hybridized carbons (Fsp3) is 0.286. The van der Waals surface area contributed by atoms with Gasteiger partial charge in [0.25, 0.3) is 17.5 Å². The van der Waals surface area contributed by atoms with Gasteiger partial charge in [-0.15, -0.1) is 0 Å². The Hall–Kier alpha value is -3.55. The highest BCUT2D eigenvalue weighted by Gasteiger charge is 2.43. The second-order valence-corrected chi connectivity index (χ2v) is 6.68. The summed E-state index contributed by atoms with van der Waals surface area (Å²) >= 11 is 0. The van der Waals surface area contributed by atoms with Crippen molar-refractivity contribution in [3.8, 4) is 0 Å². The number of benzene rings is 2. The summed E-state index contributed by atoms with van der Waals surface area (Å²) in [5, 5.41) is 11.1. The number of rotatable bonds is 7. The number of nitrogens with zero attached hydrogens (tertiary/aromatic N) is 3. The molecular weight excluding hydrogens is 374 g/mol. The molecule has 29 heavy (non-hydrogen) atoms. The van der Waals surface area contributed by atoms with Gasteiger partial charge >= 0.3 is 0 Å². The summed E-state index contributed by atoms with van der Waals surface area (Å²) in [5.41, 5.74) is 0.905. The van der Waals surface area contributed by atoms with Crippen LogP contribution >= 0.6 is 0 Å². The first-order valence-corrected chi connectivity index (χ1v) is 9.38. The van der Waals surface area contributed by atoms with Crippen LogP contribution in [0.3, 0.4) is 0 Å². The first-order valence-electron chi connectivity index (χ1n) is 9.38. The zero-order valence-corrected chi connectivity index (χ0v) is 16.2. The Labute approximate surface area is 167 Å². The summed E-state index contributed by atoms with van der Waals surface area (Å²) in [6.45, 7) is 4.47. The van der Waals surface area contributed by atoms with E-state index in [-0.39, 0.29) is 29.1 Å². The average molecular weight is 395 g/mol. The van der Waals surface area contributed by atoms with Gasteiger partial charge in [0.05, 0.1) is 16.1 Å². The van der Waals surface area contributed by atoms with Crippen LogP contribution in [0.4, 0.5) is 5.69 Å². The summed E-state index contributed by atoms with van der Waals surface area (Å²) < 4.78 is 0. The van der Waals surface area contributed by atoms with Gasteiger partial charge in [-0.2, -0.15) is 0 Å². The molecule has 0 aliphatic carbocycles. The predicted octanol–water partition coefficient (Wildman–Crippen LogP) is 2.67. The highest BCUT2D eigenvalue weighted by molar-refractivity contribution is 6.22. The molecule has 1 aliphatic rings. The molecule has 3 amide bonds. The van der Waals surface area contributed by atoms with Crippen molar-refractivity contribution in [2.75, 3.05) is 13.1 Å². The monoisotopic (exact) mass is 395 g/mol. The van der Waals surface area contributed by atoms with Crippen LogP contribution in [0.5, 0.6) is 0 Å². The lowest BCUT2D eigenvalue weighted by atomic mass is 10.0. The zero-order chi connectivity index (χ0) is 21.1. The minimum absolute atomic E-state index is 0.00246. The molecule has 0 aromatic heterocycles. The number of nitro benzene ring substituents is 1. The molecule has 0 bridgehead atoms. The summed E-state index contributed by atoms with van der Waals surface area (Å²) in [6.07, 6.45) is 0.00246. The van der Waals surface area contributed by atoms with E-state index in [9.17, 15) is 24.5 Å². The Morgan fingerprint density at radius 2 is 1.62 bits per heavy atom. The van der Waals surface area contributed by atoms with Crippen molar-refractivity contribution in [2.45, 2.75) is 26.3 Å². The summed E-state index contributed by atoms with van der Waals surface area (Å²) in [7, 11) is 0. The smallest absolute Gasteiger partial charge is 0.269 e. The normalized spacial score (nSPS) is 13.9. The van der Waals surface area contributed by atoms with E-state index in [0.717, 1.165) is 4.90 Å². The third kappa shape index (κ3) is 3.73. The van der Waals surface area contributed by atoms with Crippen LogP contribution in [-0.4, -0.2) is 51.6 Å². The second-order valence-electron chi connectivity index (χ2n) is 6.68. The second kappa shape index (κ2) is 8.22. The van der Waals surface area contributed by atoms with Gasteiger partial charge in [-0.25, -0.2) is 0 Å². The maximum absolute atomic E-state index is 13.2. The zero-order valence-electron chi connectivity index (χ0n) is 16.2. The van der Waals surface area contributed by atoms with Gasteiger partial charge in [-0.1, -0.05) is 24.3 Å². The van der Waals surface area contributed by atoms with E-state index in [1.54, 1.807) is 35.2 Å². The van der Waals surface area contributed by atoms with Crippen molar-refractivity contribution in [2.24, 2.45) is 0 Å². The molecule has 8 heteroatoms. The first kappa shape index (κ1) is 20.2. The molecule has 0 radical (unpaired) electrons. The van der Waals surface area contributed by atoms with Crippen LogP contribution < -0.4 is 0 Å². The van der Waals surface area contributed by atoms with Crippen LogP contribution in [0.15, 0.2) is 48.5 Å². The van der Waals surface area contributed by atoms with Gasteiger partial charge in [0.15, 0.2) is 0 Å². The molecular formula is C21H21N3O5. The number of imide groups is 1. The minimum Gasteiger partial charge on any atom is -0.341 e. The maximum atomic E-state index is 13.2. The Balaban J connectivity index is 2.02. The molecule has 1 aliphatic heterocycles. The highest BCUT2D eigenvalue weighted by Crippen LogP contribution is 2.27. The topological polar surface area (TPSA) is 101 Å². The lowest BCUT2D eigenvalue weighted by molar-refractivity contribution is -0.384. The van der Waals surface area contributed by atoms with Crippen molar-refractivity contribution in [1.29, 1.82) is 0 Å². The number of fused-ring (bicyclic) bond motifs is 1. The molecule has 1 atom stereocenters. The molecule has 150 valence electrons. The van der Waals surface area contributed by atoms with E-state index in [2.05, 4.69) is 0 Å². The third-order valence-corrected chi connectivity index (χ3v) is 5.05. The fourth-order valence-electron chi connectivity index (χ4n) is 3.55. The number of carbonyl (C=O) groups is 3. The Kier molecular flexibility index (Phi) is 5.72. The van der Waals surface area contributed by atoms with Crippen LogP contribution in [0, 0.1) is 10.1 Å². The van der Waals surface area contributed by atoms with Gasteiger partial charge < -0.3 is 4.90 Å². The molecule has 0 N–H and O–H groups in total. The number of hydrogen-bond donors (Lipinski definition) is 0. The third-order valence-electron chi connectivity index (χ3n) is 5.05. The molecule has 0 fully saturated rings. The highest BCUT2D eigenvalue weighted by atomic mass is 16.6. The first-order chi connectivity index (χ1) is 13.9. The average Bonchev–Trinajstić information content (AvgIpc) is 2.98. The van der Waals surface area contributed by atoms with Crippen LogP contribution in [0.2, 0.25) is 0 Å². The number of hydrogen-bond acceptors (Lipinski definition) is 5. The molecule has 0 saturated carbocycles. The molecule has 2 aromatic rings. The van der Waals surface area contributed by atoms with Crippen LogP contribution in [-0.2, 0) is 11.2 Å². The van der Waals surface area contributed by atoms with Crippen LogP contribution in [0.25, 0.3) is 0 Å². The number of amides is 3. The number of carbonyl (C=O) groups excluding carboxylic acids is 3. The van der Waals surface area contributed by atoms with Gasteiger partial charge in [0.2, 0.25) is 5.91 Å². The summed E-state index contributed by atoms with van der Waals surface area (Å²) in [4.78, 5) is 52.2. The SMILES string of the molecule is CCN(CC)C(=O)C(Cc1cccc([N+](=O)[O-])c1)N1C(=O)c2ccccc2C1=O. The van der Waals surface area contributed by atoms with E-state index in [1.165, 1.54) is 18.2 Å². The number of nitro groups is 1. The van der Waals surface area contributed by atoms with Gasteiger partial charge in [-0.05, 0) is 31.5 Å². The summed E-state index contributed by atoms with van der Waals surface area (Å²) in [5.74, 6) is -1.42. The molecule has 1 heterocycles. The van der Waals surface area contributed by atoms with Crippen LogP contribution in [0.1, 0.15) is 40.1 Å². The molecule has 0 saturated heterocycles. The lowest BCUT2D eigenvalue weighted by Gasteiger charge is -2.30. The lowest BCUT2D eigenvalue weighted by Crippen LogP contribution is -2.52. The van der Waals surface area contributed by atoms with E-state index < -0.39 is 22.8 Å². The van der Waals surface area contributed by atoms with E-state index in [0.29, 0.717) is 18.7 Å². The van der Waals surface area contributed by atoms with Gasteiger partial charge in [0.1, 0.15) is 6.04 Å².